The molecule has 0 aliphatic carbocycles. The van der Waals surface area contributed by atoms with Crippen molar-refractivity contribution >= 4 is 34.1 Å². The SMILES string of the molecule is Cc1nc(NC(=O)CC(C)C)sc1-c1ccnc(NC(=O)c2cccc(C(F)(F)F)c2)c1. The number of aromatic nitrogens is 2. The molecule has 3 rings (SSSR count). The molecule has 6 nitrogen and oxygen atoms in total. The Bertz CT molecular complexity index is 1140. The van der Waals surface area contributed by atoms with Crippen LogP contribution in [0.3, 0.4) is 0 Å². The van der Waals surface area contributed by atoms with Crippen LogP contribution in [0.15, 0.2) is 42.6 Å². The Hall–Kier alpha value is -3.27. The number of nitrogens with one attached hydrogen (secondary N) is 2. The summed E-state index contributed by atoms with van der Waals surface area (Å²) in [6.07, 6.45) is -2.68. The summed E-state index contributed by atoms with van der Waals surface area (Å²) in [6, 6.07) is 7.50. The highest BCUT2D eigenvalue weighted by atomic mass is 32.1. The fourth-order valence-electron chi connectivity index (χ4n) is 2.92. The lowest BCUT2D eigenvalue weighted by atomic mass is 10.1. The highest BCUT2D eigenvalue weighted by Gasteiger charge is 2.31. The predicted molar refractivity (Wildman–Crippen MR) is 118 cm³/mol. The van der Waals surface area contributed by atoms with E-state index in [2.05, 4.69) is 20.6 Å². The van der Waals surface area contributed by atoms with Crippen LogP contribution in [-0.4, -0.2) is 21.8 Å². The van der Waals surface area contributed by atoms with E-state index < -0.39 is 17.6 Å². The maximum atomic E-state index is 12.9. The van der Waals surface area contributed by atoms with Gasteiger partial charge in [-0.2, -0.15) is 13.2 Å². The third-order valence-electron chi connectivity index (χ3n) is 4.35. The first-order valence-electron chi connectivity index (χ1n) is 9.75. The molecule has 3 aromatic rings. The molecule has 0 saturated heterocycles. The molecule has 0 atom stereocenters. The lowest BCUT2D eigenvalue weighted by Gasteiger charge is -2.09. The molecule has 168 valence electrons. The van der Waals surface area contributed by atoms with E-state index in [9.17, 15) is 22.8 Å². The van der Waals surface area contributed by atoms with Gasteiger partial charge in [-0.15, -0.1) is 0 Å². The van der Waals surface area contributed by atoms with Gasteiger partial charge in [0, 0.05) is 18.2 Å². The first kappa shape index (κ1) is 23.4. The molecule has 0 bridgehead atoms. The zero-order chi connectivity index (χ0) is 23.5. The van der Waals surface area contributed by atoms with E-state index in [-0.39, 0.29) is 23.2 Å². The van der Waals surface area contributed by atoms with Crippen LogP contribution >= 0.6 is 11.3 Å². The molecular weight excluding hydrogens is 441 g/mol. The number of benzene rings is 1. The van der Waals surface area contributed by atoms with Crippen molar-refractivity contribution in [3.63, 3.8) is 0 Å². The molecule has 1 aromatic carbocycles. The van der Waals surface area contributed by atoms with Crippen LogP contribution in [0.4, 0.5) is 24.1 Å². The Morgan fingerprint density at radius 1 is 1.12 bits per heavy atom. The minimum atomic E-state index is -4.54. The molecule has 2 aromatic heterocycles. The molecule has 2 heterocycles. The number of carbonyl (C=O) groups excluding carboxylic acids is 2. The van der Waals surface area contributed by atoms with E-state index in [1.54, 1.807) is 19.1 Å². The third-order valence-corrected chi connectivity index (χ3v) is 5.47. The fourth-order valence-corrected chi connectivity index (χ4v) is 3.90. The molecule has 0 fully saturated rings. The van der Waals surface area contributed by atoms with Gasteiger partial charge in [-0.05, 0) is 48.7 Å². The number of anilines is 2. The van der Waals surface area contributed by atoms with Gasteiger partial charge in [0.1, 0.15) is 5.82 Å². The lowest BCUT2D eigenvalue weighted by molar-refractivity contribution is -0.137. The first-order chi connectivity index (χ1) is 15.0. The van der Waals surface area contributed by atoms with Crippen molar-refractivity contribution in [3.8, 4) is 10.4 Å². The van der Waals surface area contributed by atoms with Gasteiger partial charge >= 0.3 is 6.18 Å². The maximum Gasteiger partial charge on any atom is 0.416 e. The van der Waals surface area contributed by atoms with Crippen LogP contribution in [0.5, 0.6) is 0 Å². The van der Waals surface area contributed by atoms with Crippen LogP contribution in [0.25, 0.3) is 10.4 Å². The van der Waals surface area contributed by atoms with Crippen molar-refractivity contribution in [3.05, 3.63) is 59.4 Å². The van der Waals surface area contributed by atoms with Gasteiger partial charge in [0.25, 0.3) is 5.91 Å². The summed E-state index contributed by atoms with van der Waals surface area (Å²) in [7, 11) is 0. The zero-order valence-electron chi connectivity index (χ0n) is 17.6. The Morgan fingerprint density at radius 2 is 1.88 bits per heavy atom. The smallest absolute Gasteiger partial charge is 0.307 e. The fraction of sp³-hybridized carbons (Fsp3) is 0.273. The van der Waals surface area contributed by atoms with Gasteiger partial charge in [-0.3, -0.25) is 9.59 Å². The summed E-state index contributed by atoms with van der Waals surface area (Å²) in [5.74, 6) is -0.422. The van der Waals surface area contributed by atoms with Crippen molar-refractivity contribution in [2.45, 2.75) is 33.4 Å². The number of hydrogen-bond donors (Lipinski definition) is 2. The Kier molecular flexibility index (Phi) is 6.93. The molecule has 0 aliphatic heterocycles. The summed E-state index contributed by atoms with van der Waals surface area (Å²) in [6.45, 7) is 5.69. The number of rotatable bonds is 6. The van der Waals surface area contributed by atoms with Gasteiger partial charge in [0.05, 0.1) is 16.1 Å². The minimum Gasteiger partial charge on any atom is -0.307 e. The second kappa shape index (κ2) is 9.47. The average Bonchev–Trinajstić information content (AvgIpc) is 3.07. The molecule has 2 amide bonds. The molecule has 0 aliphatic rings. The van der Waals surface area contributed by atoms with Crippen molar-refractivity contribution < 1.29 is 22.8 Å². The van der Waals surface area contributed by atoms with Gasteiger partial charge in [-0.25, -0.2) is 9.97 Å². The minimum absolute atomic E-state index is 0.121. The molecule has 32 heavy (non-hydrogen) atoms. The second-order valence-corrected chi connectivity index (χ2v) is 8.54. The van der Waals surface area contributed by atoms with Gasteiger partial charge in [0.2, 0.25) is 5.91 Å². The van der Waals surface area contributed by atoms with Crippen LogP contribution in [0, 0.1) is 12.8 Å². The van der Waals surface area contributed by atoms with Crippen molar-refractivity contribution in [2.75, 3.05) is 10.6 Å². The molecular formula is C22H21F3N4O2S. The van der Waals surface area contributed by atoms with Gasteiger partial charge in [-0.1, -0.05) is 31.3 Å². The van der Waals surface area contributed by atoms with Crippen molar-refractivity contribution in [2.24, 2.45) is 5.92 Å². The van der Waals surface area contributed by atoms with Crippen LogP contribution in [0.1, 0.15) is 41.9 Å². The molecule has 0 saturated carbocycles. The van der Waals surface area contributed by atoms with E-state index in [4.69, 9.17) is 0 Å². The number of alkyl halides is 3. The third kappa shape index (κ3) is 5.91. The molecule has 2 N–H and O–H groups in total. The highest BCUT2D eigenvalue weighted by molar-refractivity contribution is 7.19. The van der Waals surface area contributed by atoms with Crippen molar-refractivity contribution in [1.29, 1.82) is 0 Å². The number of aryl methyl sites for hydroxylation is 1. The second-order valence-electron chi connectivity index (χ2n) is 7.54. The highest BCUT2D eigenvalue weighted by Crippen LogP contribution is 2.34. The topological polar surface area (TPSA) is 84.0 Å². The summed E-state index contributed by atoms with van der Waals surface area (Å²) in [5, 5.41) is 5.77. The monoisotopic (exact) mass is 462 g/mol. The van der Waals surface area contributed by atoms with Crippen LogP contribution < -0.4 is 10.6 Å². The number of thiazole rings is 1. The van der Waals surface area contributed by atoms with E-state index in [0.29, 0.717) is 22.8 Å². The van der Waals surface area contributed by atoms with Crippen LogP contribution in [-0.2, 0) is 11.0 Å². The summed E-state index contributed by atoms with van der Waals surface area (Å²) in [5.41, 5.74) is 0.366. The molecule has 0 spiro atoms. The predicted octanol–water partition coefficient (Wildman–Crippen LogP) is 5.77. The quantitative estimate of drug-likeness (QED) is 0.487. The van der Waals surface area contributed by atoms with E-state index in [1.807, 2.05) is 13.8 Å². The molecule has 10 heteroatoms. The summed E-state index contributed by atoms with van der Waals surface area (Å²) in [4.78, 5) is 33.7. The first-order valence-corrected chi connectivity index (χ1v) is 10.6. The van der Waals surface area contributed by atoms with E-state index >= 15 is 0 Å². The molecule has 0 radical (unpaired) electrons. The summed E-state index contributed by atoms with van der Waals surface area (Å²) >= 11 is 1.29. The Balaban J connectivity index is 1.78. The lowest BCUT2D eigenvalue weighted by Crippen LogP contribution is -2.14. The Labute approximate surface area is 186 Å². The average molecular weight is 462 g/mol. The Morgan fingerprint density at radius 3 is 2.56 bits per heavy atom. The number of carbonyl (C=O) groups is 2. The van der Waals surface area contributed by atoms with Gasteiger partial charge < -0.3 is 10.6 Å². The largest absolute Gasteiger partial charge is 0.416 e. The number of pyridine rings is 1. The number of nitrogens with zero attached hydrogens (tertiary/aromatic N) is 2. The van der Waals surface area contributed by atoms with Crippen LogP contribution in [0.2, 0.25) is 0 Å². The summed E-state index contributed by atoms with van der Waals surface area (Å²) < 4.78 is 38.7. The van der Waals surface area contributed by atoms with Gasteiger partial charge in [0.15, 0.2) is 5.13 Å². The standard InChI is InChI=1S/C22H21F3N4O2S/c1-12(2)9-18(30)29-21-27-13(3)19(32-21)14-7-8-26-17(11-14)28-20(31)15-5-4-6-16(10-15)22(23,24)25/h4-8,10-12H,9H2,1-3H3,(H,26,28,31)(H,27,29,30). The molecule has 0 unspecified atom stereocenters. The number of hydrogen-bond acceptors (Lipinski definition) is 5. The maximum absolute atomic E-state index is 12.9. The number of amides is 2. The number of halogens is 3. The zero-order valence-corrected chi connectivity index (χ0v) is 18.4. The van der Waals surface area contributed by atoms with Crippen molar-refractivity contribution in [1.82, 2.24) is 9.97 Å². The normalized spacial score (nSPS) is 11.5. The van der Waals surface area contributed by atoms with E-state index in [0.717, 1.165) is 17.0 Å². The van der Waals surface area contributed by atoms with E-state index in [1.165, 1.54) is 29.7 Å².